The van der Waals surface area contributed by atoms with E-state index in [1.807, 2.05) is 4.90 Å². The van der Waals surface area contributed by atoms with Gasteiger partial charge < -0.3 is 15.1 Å². The fraction of sp³-hybridized carbons (Fsp3) is 0.875. The molecule has 0 aromatic heterocycles. The zero-order valence-electron chi connectivity index (χ0n) is 13.1. The predicted molar refractivity (Wildman–Crippen MR) is 80.8 cm³/mol. The Morgan fingerprint density at radius 1 is 1.19 bits per heavy atom. The standard InChI is InChI=1S/C16H27N3O2/c1-18-9-4-5-13(11-18)12-19-10-6-14(20)17-16(15(19)21)7-2-3-8-16/h13H,2-12H2,1H3,(H,17,20). The van der Waals surface area contributed by atoms with E-state index < -0.39 is 5.54 Å². The monoisotopic (exact) mass is 293 g/mol. The predicted octanol–water partition coefficient (Wildman–Crippen LogP) is 0.989. The lowest BCUT2D eigenvalue weighted by molar-refractivity contribution is -0.139. The van der Waals surface area contributed by atoms with Crippen LogP contribution < -0.4 is 5.32 Å². The molecule has 0 bridgehead atoms. The van der Waals surface area contributed by atoms with Gasteiger partial charge in [-0.15, -0.1) is 0 Å². The smallest absolute Gasteiger partial charge is 0.248 e. The van der Waals surface area contributed by atoms with Gasteiger partial charge in [0.1, 0.15) is 5.54 Å². The average Bonchev–Trinajstić information content (AvgIpc) is 2.88. The van der Waals surface area contributed by atoms with E-state index in [-0.39, 0.29) is 11.8 Å². The third-order valence-corrected chi connectivity index (χ3v) is 5.34. The molecular weight excluding hydrogens is 266 g/mol. The molecule has 3 rings (SSSR count). The minimum atomic E-state index is -0.575. The van der Waals surface area contributed by atoms with Crippen molar-refractivity contribution in [3.05, 3.63) is 0 Å². The maximum atomic E-state index is 13.0. The van der Waals surface area contributed by atoms with Crippen molar-refractivity contribution in [2.45, 2.75) is 50.5 Å². The number of hydrogen-bond acceptors (Lipinski definition) is 3. The minimum Gasteiger partial charge on any atom is -0.342 e. The first kappa shape index (κ1) is 14.8. The molecule has 1 spiro atoms. The maximum Gasteiger partial charge on any atom is 0.248 e. The Kier molecular flexibility index (Phi) is 4.20. The SMILES string of the molecule is CN1CCCC(CN2CCC(=O)NC3(CCCC3)C2=O)C1. The third-order valence-electron chi connectivity index (χ3n) is 5.34. The number of piperidine rings is 1. The highest BCUT2D eigenvalue weighted by atomic mass is 16.2. The molecule has 2 saturated heterocycles. The van der Waals surface area contributed by atoms with Crippen LogP contribution in [0.15, 0.2) is 0 Å². The molecule has 1 saturated carbocycles. The van der Waals surface area contributed by atoms with Crippen LogP contribution in [0.5, 0.6) is 0 Å². The van der Waals surface area contributed by atoms with Gasteiger partial charge in [0.2, 0.25) is 11.8 Å². The van der Waals surface area contributed by atoms with Crippen LogP contribution in [-0.2, 0) is 9.59 Å². The summed E-state index contributed by atoms with van der Waals surface area (Å²) >= 11 is 0. The Morgan fingerprint density at radius 3 is 2.67 bits per heavy atom. The summed E-state index contributed by atoms with van der Waals surface area (Å²) in [7, 11) is 2.15. The molecule has 0 aromatic carbocycles. The summed E-state index contributed by atoms with van der Waals surface area (Å²) in [5, 5.41) is 3.04. The number of likely N-dealkylation sites (tertiary alicyclic amines) is 1. The maximum absolute atomic E-state index is 13.0. The zero-order valence-corrected chi connectivity index (χ0v) is 13.1. The highest BCUT2D eigenvalue weighted by Crippen LogP contribution is 2.33. The molecule has 2 heterocycles. The third kappa shape index (κ3) is 3.07. The molecule has 0 radical (unpaired) electrons. The second kappa shape index (κ2) is 5.95. The first-order valence-electron chi connectivity index (χ1n) is 8.38. The summed E-state index contributed by atoms with van der Waals surface area (Å²) in [4.78, 5) is 29.3. The van der Waals surface area contributed by atoms with Gasteiger partial charge in [-0.1, -0.05) is 12.8 Å². The van der Waals surface area contributed by atoms with Gasteiger partial charge in [-0.05, 0) is 45.2 Å². The van der Waals surface area contributed by atoms with Gasteiger partial charge >= 0.3 is 0 Å². The van der Waals surface area contributed by atoms with E-state index in [2.05, 4.69) is 17.3 Å². The Bertz CT molecular complexity index is 418. The zero-order chi connectivity index (χ0) is 14.9. The lowest BCUT2D eigenvalue weighted by Crippen LogP contribution is -2.56. The molecule has 1 atom stereocenters. The van der Waals surface area contributed by atoms with Crippen LogP contribution in [0, 0.1) is 5.92 Å². The summed E-state index contributed by atoms with van der Waals surface area (Å²) in [6, 6.07) is 0. The second-order valence-corrected chi connectivity index (χ2v) is 7.11. The Labute approximate surface area is 127 Å². The number of amides is 2. The van der Waals surface area contributed by atoms with E-state index in [9.17, 15) is 9.59 Å². The molecule has 118 valence electrons. The van der Waals surface area contributed by atoms with E-state index in [0.29, 0.717) is 18.9 Å². The molecule has 1 N–H and O–H groups in total. The molecule has 21 heavy (non-hydrogen) atoms. The van der Waals surface area contributed by atoms with Crippen LogP contribution in [0.2, 0.25) is 0 Å². The molecule has 1 unspecified atom stereocenters. The fourth-order valence-electron chi connectivity index (χ4n) is 4.25. The van der Waals surface area contributed by atoms with Crippen molar-refractivity contribution in [1.82, 2.24) is 15.1 Å². The van der Waals surface area contributed by atoms with E-state index in [4.69, 9.17) is 0 Å². The van der Waals surface area contributed by atoms with Gasteiger partial charge in [0.25, 0.3) is 0 Å². The summed E-state index contributed by atoms with van der Waals surface area (Å²) in [5.74, 6) is 0.784. The van der Waals surface area contributed by atoms with E-state index in [1.165, 1.54) is 12.8 Å². The molecule has 1 aliphatic carbocycles. The highest BCUT2D eigenvalue weighted by molar-refractivity contribution is 5.93. The van der Waals surface area contributed by atoms with Gasteiger partial charge in [-0.25, -0.2) is 0 Å². The van der Waals surface area contributed by atoms with Crippen molar-refractivity contribution in [3.8, 4) is 0 Å². The average molecular weight is 293 g/mol. The Morgan fingerprint density at radius 2 is 1.95 bits per heavy atom. The molecule has 3 aliphatic rings. The molecule has 5 nitrogen and oxygen atoms in total. The molecule has 2 amide bonds. The number of nitrogens with zero attached hydrogens (tertiary/aromatic N) is 2. The molecule has 5 heteroatoms. The number of carbonyl (C=O) groups excluding carboxylic acids is 2. The first-order valence-corrected chi connectivity index (χ1v) is 8.38. The van der Waals surface area contributed by atoms with Crippen molar-refractivity contribution in [3.63, 3.8) is 0 Å². The summed E-state index contributed by atoms with van der Waals surface area (Å²) in [5.41, 5.74) is -0.575. The summed E-state index contributed by atoms with van der Waals surface area (Å²) < 4.78 is 0. The van der Waals surface area contributed by atoms with E-state index in [1.54, 1.807) is 0 Å². The van der Waals surface area contributed by atoms with Gasteiger partial charge in [0, 0.05) is 26.1 Å². The quantitative estimate of drug-likeness (QED) is 0.826. The van der Waals surface area contributed by atoms with Crippen molar-refractivity contribution in [2.75, 3.05) is 33.2 Å². The van der Waals surface area contributed by atoms with Crippen LogP contribution in [0.1, 0.15) is 44.9 Å². The number of hydrogen-bond donors (Lipinski definition) is 1. The molecule has 2 aliphatic heterocycles. The van der Waals surface area contributed by atoms with Gasteiger partial charge in [0.05, 0.1) is 0 Å². The van der Waals surface area contributed by atoms with E-state index >= 15 is 0 Å². The molecule has 0 aromatic rings. The van der Waals surface area contributed by atoms with Gasteiger partial charge in [0.15, 0.2) is 0 Å². The number of carbonyl (C=O) groups is 2. The topological polar surface area (TPSA) is 52.6 Å². The largest absolute Gasteiger partial charge is 0.342 e. The van der Waals surface area contributed by atoms with Crippen LogP contribution in [0.4, 0.5) is 0 Å². The lowest BCUT2D eigenvalue weighted by atomic mass is 9.93. The fourth-order valence-corrected chi connectivity index (χ4v) is 4.25. The van der Waals surface area contributed by atoms with Crippen LogP contribution >= 0.6 is 0 Å². The highest BCUT2D eigenvalue weighted by Gasteiger charge is 2.46. The molecule has 3 fully saturated rings. The Balaban J connectivity index is 1.71. The summed E-state index contributed by atoms with van der Waals surface area (Å²) in [6.45, 7) is 3.64. The Hall–Kier alpha value is -1.10. The van der Waals surface area contributed by atoms with Crippen LogP contribution in [0.25, 0.3) is 0 Å². The van der Waals surface area contributed by atoms with Crippen molar-refractivity contribution >= 4 is 11.8 Å². The lowest BCUT2D eigenvalue weighted by Gasteiger charge is -2.36. The van der Waals surface area contributed by atoms with Gasteiger partial charge in [-0.3, -0.25) is 9.59 Å². The van der Waals surface area contributed by atoms with Crippen molar-refractivity contribution < 1.29 is 9.59 Å². The summed E-state index contributed by atoms with van der Waals surface area (Å²) in [6.07, 6.45) is 6.60. The normalized spacial score (nSPS) is 30.5. The minimum absolute atomic E-state index is 0.0495. The molecular formula is C16H27N3O2. The number of nitrogens with one attached hydrogen (secondary N) is 1. The van der Waals surface area contributed by atoms with E-state index in [0.717, 1.165) is 45.3 Å². The second-order valence-electron chi connectivity index (χ2n) is 7.11. The van der Waals surface area contributed by atoms with Crippen LogP contribution in [-0.4, -0.2) is 60.4 Å². The van der Waals surface area contributed by atoms with Crippen LogP contribution in [0.3, 0.4) is 0 Å². The van der Waals surface area contributed by atoms with Gasteiger partial charge in [-0.2, -0.15) is 0 Å². The number of rotatable bonds is 2. The van der Waals surface area contributed by atoms with Crippen molar-refractivity contribution in [2.24, 2.45) is 5.92 Å². The van der Waals surface area contributed by atoms with Crippen molar-refractivity contribution in [1.29, 1.82) is 0 Å². The first-order chi connectivity index (χ1) is 10.1.